The molecule has 0 radical (unpaired) electrons. The molecule has 0 saturated carbocycles. The number of hydrogen-bond donors (Lipinski definition) is 0. The number of allylic oxidation sites excluding steroid dienone is 1. The minimum absolute atomic E-state index is 0.110. The molecule has 1 aliphatic rings. The summed E-state index contributed by atoms with van der Waals surface area (Å²) in [7, 11) is 0. The number of nitrogens with zero attached hydrogens (tertiary/aromatic N) is 2. The number of fused-ring (bicyclic) bond motifs is 1. The number of benzene rings is 3. The van der Waals surface area contributed by atoms with Gasteiger partial charge < -0.3 is 9.15 Å². The molecule has 0 N–H and O–H groups in total. The number of thioether (sulfide) groups is 1. The van der Waals surface area contributed by atoms with Gasteiger partial charge in [-0.15, -0.1) is 11.8 Å². The summed E-state index contributed by atoms with van der Waals surface area (Å²) in [5, 5.41) is 0.874. The quantitative estimate of drug-likeness (QED) is 0.137. The van der Waals surface area contributed by atoms with Crippen LogP contribution in [-0.4, -0.2) is 16.8 Å². The third-order valence-electron chi connectivity index (χ3n) is 6.99. The first-order valence-electron chi connectivity index (χ1n) is 13.2. The van der Waals surface area contributed by atoms with E-state index in [0.29, 0.717) is 42.2 Å². The topological polar surface area (TPSA) is 73.8 Å². The first-order valence-corrected chi connectivity index (χ1v) is 16.0. The van der Waals surface area contributed by atoms with Gasteiger partial charge in [0.2, 0.25) is 0 Å². The van der Waals surface area contributed by atoms with Crippen LogP contribution in [0.4, 0.5) is 0 Å². The van der Waals surface area contributed by atoms with Crippen molar-refractivity contribution < 1.29 is 13.9 Å². The number of hydrogen-bond acceptors (Lipinski definition) is 7. The normalized spacial score (nSPS) is 14.9. The molecule has 0 amide bonds. The van der Waals surface area contributed by atoms with E-state index in [9.17, 15) is 9.59 Å². The van der Waals surface area contributed by atoms with Crippen molar-refractivity contribution in [3.8, 4) is 11.3 Å². The van der Waals surface area contributed by atoms with Crippen LogP contribution < -0.4 is 14.9 Å². The zero-order chi connectivity index (χ0) is 30.1. The number of halogens is 2. The lowest BCUT2D eigenvalue weighted by Crippen LogP contribution is -2.39. The Morgan fingerprint density at radius 2 is 1.81 bits per heavy atom. The number of rotatable bonds is 7. The van der Waals surface area contributed by atoms with Crippen LogP contribution in [0.1, 0.15) is 29.9 Å². The molecular weight excluding hydrogens is 623 g/mol. The van der Waals surface area contributed by atoms with Crippen molar-refractivity contribution in [1.29, 1.82) is 0 Å². The van der Waals surface area contributed by atoms with Gasteiger partial charge in [-0.05, 0) is 66.8 Å². The second kappa shape index (κ2) is 12.4. The van der Waals surface area contributed by atoms with Gasteiger partial charge in [-0.25, -0.2) is 9.79 Å². The van der Waals surface area contributed by atoms with Gasteiger partial charge in [0.25, 0.3) is 5.56 Å². The summed E-state index contributed by atoms with van der Waals surface area (Å²) in [6.07, 6.45) is 3.68. The highest BCUT2D eigenvalue weighted by Gasteiger charge is 2.33. The number of aromatic nitrogens is 1. The van der Waals surface area contributed by atoms with Crippen molar-refractivity contribution in [3.05, 3.63) is 143 Å². The second-order valence-electron chi connectivity index (χ2n) is 9.75. The van der Waals surface area contributed by atoms with Crippen LogP contribution in [0, 0.1) is 0 Å². The minimum Gasteiger partial charge on any atom is -0.457 e. The van der Waals surface area contributed by atoms with Gasteiger partial charge in [-0.3, -0.25) is 9.36 Å². The highest BCUT2D eigenvalue weighted by atomic mass is 35.5. The van der Waals surface area contributed by atoms with Crippen molar-refractivity contribution in [1.82, 2.24) is 4.57 Å². The standard InChI is InChI=1S/C33H24Cl2N2O4S2/c1-19-29(32(39)40-18-20-6-4-3-5-7-20)30(21-8-12-24(42-2)13-9-21)37-31(38)28(43-33(37)36-19)17-23-11-15-27(41-23)22-10-14-25(34)26(35)16-22/h3-17,30H,18H2,1-2H3. The van der Waals surface area contributed by atoms with E-state index in [2.05, 4.69) is 4.99 Å². The van der Waals surface area contributed by atoms with Crippen molar-refractivity contribution in [2.75, 3.05) is 6.26 Å². The van der Waals surface area contributed by atoms with Crippen LogP contribution in [0.2, 0.25) is 10.0 Å². The average Bonchev–Trinajstić information content (AvgIpc) is 3.61. The van der Waals surface area contributed by atoms with E-state index in [-0.39, 0.29) is 12.2 Å². The lowest BCUT2D eigenvalue weighted by molar-refractivity contribution is -0.140. The molecular formula is C33H24Cl2N2O4S2. The highest BCUT2D eigenvalue weighted by molar-refractivity contribution is 7.98. The van der Waals surface area contributed by atoms with E-state index in [4.69, 9.17) is 32.4 Å². The highest BCUT2D eigenvalue weighted by Crippen LogP contribution is 2.32. The molecule has 0 fully saturated rings. The van der Waals surface area contributed by atoms with Gasteiger partial charge in [-0.1, -0.05) is 77.0 Å². The lowest BCUT2D eigenvalue weighted by atomic mass is 9.96. The summed E-state index contributed by atoms with van der Waals surface area (Å²) < 4.78 is 13.8. The van der Waals surface area contributed by atoms with Gasteiger partial charge >= 0.3 is 5.97 Å². The third kappa shape index (κ3) is 6.01. The fourth-order valence-corrected chi connectivity index (χ4v) is 6.58. The third-order valence-corrected chi connectivity index (χ3v) is 9.46. The Morgan fingerprint density at radius 3 is 2.53 bits per heavy atom. The van der Waals surface area contributed by atoms with E-state index in [1.54, 1.807) is 47.5 Å². The average molecular weight is 648 g/mol. The molecule has 10 heteroatoms. The maximum absolute atomic E-state index is 14.0. The van der Waals surface area contributed by atoms with Crippen molar-refractivity contribution in [3.63, 3.8) is 0 Å². The number of esters is 1. The van der Waals surface area contributed by atoms with Gasteiger partial charge in [0.1, 0.15) is 18.1 Å². The second-order valence-corrected chi connectivity index (χ2v) is 12.5. The number of ether oxygens (including phenoxy) is 1. The number of furan rings is 1. The van der Waals surface area contributed by atoms with E-state index in [1.165, 1.54) is 11.3 Å². The zero-order valence-corrected chi connectivity index (χ0v) is 26.2. The summed E-state index contributed by atoms with van der Waals surface area (Å²) in [5.41, 5.74) is 2.96. The Balaban J connectivity index is 1.41. The molecule has 3 heterocycles. The smallest absolute Gasteiger partial charge is 0.338 e. The fraction of sp³-hybridized carbons (Fsp3) is 0.121. The molecule has 1 unspecified atom stereocenters. The van der Waals surface area contributed by atoms with Crippen LogP contribution in [0.5, 0.6) is 0 Å². The molecule has 0 bridgehead atoms. The van der Waals surface area contributed by atoms with E-state index in [0.717, 1.165) is 21.6 Å². The molecule has 43 heavy (non-hydrogen) atoms. The Morgan fingerprint density at radius 1 is 1.05 bits per heavy atom. The predicted molar refractivity (Wildman–Crippen MR) is 172 cm³/mol. The SMILES string of the molecule is CSc1ccc(C2C(C(=O)OCc3ccccc3)=C(C)N=c3sc(=Cc4ccc(-c5ccc(Cl)c(Cl)c5)o4)c(=O)n32)cc1. The largest absolute Gasteiger partial charge is 0.457 e. The molecule has 3 aromatic carbocycles. The van der Waals surface area contributed by atoms with Crippen LogP contribution in [0.3, 0.4) is 0 Å². The lowest BCUT2D eigenvalue weighted by Gasteiger charge is -2.25. The van der Waals surface area contributed by atoms with Crippen molar-refractivity contribution in [2.45, 2.75) is 24.5 Å². The molecule has 5 aromatic rings. The van der Waals surface area contributed by atoms with E-state index < -0.39 is 12.0 Å². The summed E-state index contributed by atoms with van der Waals surface area (Å²) >= 11 is 15.1. The minimum atomic E-state index is -0.707. The fourth-order valence-electron chi connectivity index (χ4n) is 4.85. The molecule has 2 aromatic heterocycles. The Bertz CT molecular complexity index is 2040. The predicted octanol–water partition coefficient (Wildman–Crippen LogP) is 7.27. The van der Waals surface area contributed by atoms with Gasteiger partial charge in [0.05, 0.1) is 31.9 Å². The molecule has 1 atom stereocenters. The first kappa shape index (κ1) is 29.3. The Hall–Kier alpha value is -3.82. The molecule has 0 saturated heterocycles. The van der Waals surface area contributed by atoms with E-state index in [1.807, 2.05) is 73.0 Å². The Kier molecular flexibility index (Phi) is 8.45. The van der Waals surface area contributed by atoms with E-state index >= 15 is 0 Å². The van der Waals surface area contributed by atoms with Crippen LogP contribution in [0.25, 0.3) is 17.4 Å². The summed E-state index contributed by atoms with van der Waals surface area (Å²) in [6, 6.07) is 25.4. The van der Waals surface area contributed by atoms with Crippen molar-refractivity contribution >= 4 is 58.3 Å². The number of carbonyl (C=O) groups is 1. The summed E-state index contributed by atoms with van der Waals surface area (Å²) in [4.78, 5) is 33.8. The van der Waals surface area contributed by atoms with Crippen LogP contribution in [-0.2, 0) is 16.1 Å². The molecule has 216 valence electrons. The summed E-state index contributed by atoms with van der Waals surface area (Å²) in [5.74, 6) is 0.560. The first-order chi connectivity index (χ1) is 20.8. The zero-order valence-electron chi connectivity index (χ0n) is 23.0. The molecule has 6 nitrogen and oxygen atoms in total. The van der Waals surface area contributed by atoms with Crippen LogP contribution >= 0.6 is 46.3 Å². The van der Waals surface area contributed by atoms with Crippen LogP contribution in [0.15, 0.2) is 115 Å². The molecule has 1 aliphatic heterocycles. The molecule has 6 rings (SSSR count). The van der Waals surface area contributed by atoms with Gasteiger partial charge in [0.15, 0.2) is 4.80 Å². The molecule has 0 aliphatic carbocycles. The molecule has 0 spiro atoms. The number of carbonyl (C=O) groups excluding carboxylic acids is 1. The van der Waals surface area contributed by atoms with Gasteiger partial charge in [-0.2, -0.15) is 0 Å². The Labute approximate surface area is 265 Å². The number of thiazole rings is 1. The van der Waals surface area contributed by atoms with Gasteiger partial charge in [0, 0.05) is 16.5 Å². The maximum Gasteiger partial charge on any atom is 0.338 e. The van der Waals surface area contributed by atoms with Crippen molar-refractivity contribution in [2.24, 2.45) is 4.99 Å². The summed E-state index contributed by atoms with van der Waals surface area (Å²) in [6.45, 7) is 1.88. The monoisotopic (exact) mass is 646 g/mol. The maximum atomic E-state index is 14.0.